The van der Waals surface area contributed by atoms with Crippen molar-refractivity contribution in [1.29, 1.82) is 0 Å². The number of nitrogens with zero attached hydrogens (tertiary/aromatic N) is 2. The van der Waals surface area contributed by atoms with Gasteiger partial charge in [0.25, 0.3) is 0 Å². The van der Waals surface area contributed by atoms with E-state index >= 15 is 0 Å². The summed E-state index contributed by atoms with van der Waals surface area (Å²) in [5.41, 5.74) is 1.71. The van der Waals surface area contributed by atoms with Gasteiger partial charge < -0.3 is 30.3 Å². The van der Waals surface area contributed by atoms with Crippen molar-refractivity contribution in [3.63, 3.8) is 0 Å². The van der Waals surface area contributed by atoms with Gasteiger partial charge in [-0.15, -0.1) is 0 Å². The maximum Gasteiger partial charge on any atom is 0.250 e. The Hall–Kier alpha value is -3.43. The predicted molar refractivity (Wildman–Crippen MR) is 162 cm³/mol. The Morgan fingerprint density at radius 1 is 1.00 bits per heavy atom. The number of aliphatic hydroxyl groups excluding tert-OH is 1. The molecule has 5 atom stereocenters. The molecule has 42 heavy (non-hydrogen) atoms. The summed E-state index contributed by atoms with van der Waals surface area (Å²) in [6.45, 7) is 6.92. The third-order valence-electron chi connectivity index (χ3n) is 9.23. The molecule has 0 aliphatic carbocycles. The van der Waals surface area contributed by atoms with Crippen molar-refractivity contribution >= 4 is 29.1 Å². The van der Waals surface area contributed by atoms with Crippen LogP contribution < -0.4 is 15.5 Å². The van der Waals surface area contributed by atoms with Crippen molar-refractivity contribution in [2.45, 2.75) is 76.7 Å². The number of nitrogens with one attached hydrogen (secondary N) is 2. The van der Waals surface area contributed by atoms with E-state index in [1.165, 1.54) is 0 Å². The number of hydrogen-bond acceptors (Lipinski definition) is 6. The lowest BCUT2D eigenvalue weighted by molar-refractivity contribution is -0.141. The summed E-state index contributed by atoms with van der Waals surface area (Å²) < 4.78 is 6.54. The van der Waals surface area contributed by atoms with E-state index in [9.17, 15) is 14.4 Å². The molecule has 9 nitrogen and oxygen atoms in total. The van der Waals surface area contributed by atoms with E-state index in [-0.39, 0.29) is 30.4 Å². The van der Waals surface area contributed by atoms with Crippen LogP contribution in [0.15, 0.2) is 54.6 Å². The van der Waals surface area contributed by atoms with Gasteiger partial charge in [-0.25, -0.2) is 0 Å². The summed E-state index contributed by atoms with van der Waals surface area (Å²) in [5.74, 6) is -1.96. The molecule has 9 heteroatoms. The van der Waals surface area contributed by atoms with Crippen molar-refractivity contribution in [2.75, 3.05) is 36.5 Å². The van der Waals surface area contributed by atoms with Gasteiger partial charge >= 0.3 is 0 Å². The Kier molecular flexibility index (Phi) is 9.48. The fourth-order valence-corrected chi connectivity index (χ4v) is 7.20. The van der Waals surface area contributed by atoms with E-state index in [2.05, 4.69) is 29.4 Å². The predicted octanol–water partition coefficient (Wildman–Crippen LogP) is 3.72. The Labute approximate surface area is 248 Å². The Balaban J connectivity index is 1.36. The molecule has 3 saturated heterocycles. The number of carbonyl (C=O) groups excluding carboxylic acids is 3. The third-order valence-corrected chi connectivity index (χ3v) is 9.23. The molecule has 3 aliphatic rings. The average molecular weight is 577 g/mol. The summed E-state index contributed by atoms with van der Waals surface area (Å²) in [6.07, 6.45) is 3.94. The van der Waals surface area contributed by atoms with Crippen molar-refractivity contribution in [1.82, 2.24) is 10.2 Å². The lowest BCUT2D eigenvalue weighted by atomic mass is 9.70. The van der Waals surface area contributed by atoms with Crippen LogP contribution in [-0.2, 0) is 25.7 Å². The first kappa shape index (κ1) is 30.0. The van der Waals surface area contributed by atoms with E-state index in [1.807, 2.05) is 54.6 Å². The number of hydrogen-bond donors (Lipinski definition) is 3. The van der Waals surface area contributed by atoms with Gasteiger partial charge in [-0.3, -0.25) is 14.4 Å². The Morgan fingerprint density at radius 2 is 1.71 bits per heavy atom. The van der Waals surface area contributed by atoms with Crippen molar-refractivity contribution in [3.8, 4) is 0 Å². The molecule has 1 spiro atoms. The minimum Gasteiger partial charge on any atom is -0.396 e. The minimum absolute atomic E-state index is 0.140. The molecule has 2 aromatic carbocycles. The standard InChI is InChI=1S/C33H44N4O5/c1-3-36(4-2)25-16-14-24(15-17-25)35-31(40)29-33-19-18-26(42-33)27(30(39)34-22-23-12-8-7-9-13-23)28(33)32(41)37(29)20-10-5-6-11-21-38/h7-9,12-17,26-29,38H,3-6,10-11,18-22H2,1-2H3,(H,34,39)(H,35,40)/t26-,27+,28+,29?,33?/m1/s1. The van der Waals surface area contributed by atoms with Gasteiger partial charge in [-0.05, 0) is 69.4 Å². The SMILES string of the molecule is CCN(CC)c1ccc(NC(=O)C2N(CCCCCCO)C(=O)[C@@H]3[C@@H](C(=O)NCc4ccccc4)[C@H]4CCC23O4)cc1. The molecule has 2 aromatic rings. The molecule has 3 aliphatic heterocycles. The van der Waals surface area contributed by atoms with Crippen LogP contribution in [0.1, 0.15) is 57.9 Å². The van der Waals surface area contributed by atoms with E-state index in [4.69, 9.17) is 9.84 Å². The van der Waals surface area contributed by atoms with Crippen LogP contribution >= 0.6 is 0 Å². The molecule has 5 rings (SSSR count). The number of unbranched alkanes of at least 4 members (excludes halogenated alkanes) is 3. The number of likely N-dealkylation sites (tertiary alicyclic amines) is 1. The van der Waals surface area contributed by atoms with Crippen LogP contribution in [0.4, 0.5) is 11.4 Å². The number of fused-ring (bicyclic) bond motifs is 1. The molecule has 3 amide bonds. The van der Waals surface area contributed by atoms with Crippen molar-refractivity contribution in [2.24, 2.45) is 11.8 Å². The molecule has 3 heterocycles. The van der Waals surface area contributed by atoms with Crippen LogP contribution in [0.5, 0.6) is 0 Å². The molecule has 2 bridgehead atoms. The second-order valence-electron chi connectivity index (χ2n) is 11.6. The van der Waals surface area contributed by atoms with Crippen molar-refractivity contribution < 1.29 is 24.2 Å². The molecule has 3 fully saturated rings. The summed E-state index contributed by atoms with van der Waals surface area (Å²) in [6, 6.07) is 16.6. The third kappa shape index (κ3) is 5.77. The Morgan fingerprint density at radius 3 is 2.40 bits per heavy atom. The first-order chi connectivity index (χ1) is 20.4. The number of carbonyl (C=O) groups is 3. The molecule has 0 aromatic heterocycles. The highest BCUT2D eigenvalue weighted by atomic mass is 16.5. The van der Waals surface area contributed by atoms with Crippen LogP contribution in [-0.4, -0.2) is 71.7 Å². The summed E-state index contributed by atoms with van der Waals surface area (Å²) in [4.78, 5) is 45.5. The number of benzene rings is 2. The molecule has 3 N–H and O–H groups in total. The van der Waals surface area contributed by atoms with Gasteiger partial charge in [0.15, 0.2) is 0 Å². The molecular weight excluding hydrogens is 532 g/mol. The second-order valence-corrected chi connectivity index (χ2v) is 11.6. The molecule has 0 saturated carbocycles. The second kappa shape index (κ2) is 13.3. The fraction of sp³-hybridized carbons (Fsp3) is 0.545. The number of aliphatic hydroxyl groups is 1. The maximum absolute atomic E-state index is 14.1. The van der Waals surface area contributed by atoms with Crippen LogP contribution in [0.2, 0.25) is 0 Å². The number of anilines is 2. The van der Waals surface area contributed by atoms with E-state index in [0.717, 1.165) is 37.2 Å². The summed E-state index contributed by atoms with van der Waals surface area (Å²) in [7, 11) is 0. The lowest BCUT2D eigenvalue weighted by Gasteiger charge is -2.33. The molecule has 2 unspecified atom stereocenters. The average Bonchev–Trinajstić information content (AvgIpc) is 3.65. The van der Waals surface area contributed by atoms with Gasteiger partial charge in [-0.2, -0.15) is 0 Å². The topological polar surface area (TPSA) is 111 Å². The first-order valence-corrected chi connectivity index (χ1v) is 15.5. The van der Waals surface area contributed by atoms with Gasteiger partial charge in [-0.1, -0.05) is 43.2 Å². The summed E-state index contributed by atoms with van der Waals surface area (Å²) in [5, 5.41) is 15.2. The van der Waals surface area contributed by atoms with Gasteiger partial charge in [0.05, 0.1) is 17.9 Å². The minimum atomic E-state index is -1.02. The van der Waals surface area contributed by atoms with Gasteiger partial charge in [0, 0.05) is 44.2 Å². The highest BCUT2D eigenvalue weighted by Gasteiger charge is 2.74. The van der Waals surface area contributed by atoms with E-state index in [1.54, 1.807) is 4.90 Å². The fourth-order valence-electron chi connectivity index (χ4n) is 7.20. The van der Waals surface area contributed by atoms with Gasteiger partial charge in [0.1, 0.15) is 11.6 Å². The molecule has 226 valence electrons. The molecule has 0 radical (unpaired) electrons. The van der Waals surface area contributed by atoms with E-state index < -0.39 is 23.5 Å². The largest absolute Gasteiger partial charge is 0.396 e. The molecular formula is C33H44N4O5. The lowest BCUT2D eigenvalue weighted by Crippen LogP contribution is -2.53. The highest BCUT2D eigenvalue weighted by molar-refractivity contribution is 6.03. The van der Waals surface area contributed by atoms with E-state index in [0.29, 0.717) is 44.5 Å². The monoisotopic (exact) mass is 576 g/mol. The quantitative estimate of drug-likeness (QED) is 0.296. The maximum atomic E-state index is 14.1. The number of amides is 3. The van der Waals surface area contributed by atoms with Crippen molar-refractivity contribution in [3.05, 3.63) is 60.2 Å². The zero-order valence-electron chi connectivity index (χ0n) is 24.8. The van der Waals surface area contributed by atoms with Crippen LogP contribution in [0, 0.1) is 11.8 Å². The smallest absolute Gasteiger partial charge is 0.250 e. The number of ether oxygens (including phenoxy) is 1. The van der Waals surface area contributed by atoms with Crippen LogP contribution in [0.3, 0.4) is 0 Å². The van der Waals surface area contributed by atoms with Crippen LogP contribution in [0.25, 0.3) is 0 Å². The normalized spacial score (nSPS) is 25.9. The summed E-state index contributed by atoms with van der Waals surface area (Å²) >= 11 is 0. The zero-order valence-corrected chi connectivity index (χ0v) is 24.8. The zero-order chi connectivity index (χ0) is 29.7. The Bertz CT molecular complexity index is 1230. The first-order valence-electron chi connectivity index (χ1n) is 15.5. The highest BCUT2D eigenvalue weighted by Crippen LogP contribution is 2.58. The van der Waals surface area contributed by atoms with Gasteiger partial charge in [0.2, 0.25) is 17.7 Å². The number of rotatable bonds is 14.